The highest BCUT2D eigenvalue weighted by Gasteiger charge is 2.60. The van der Waals surface area contributed by atoms with Gasteiger partial charge < -0.3 is 4.74 Å². The van der Waals surface area contributed by atoms with Gasteiger partial charge in [0, 0.05) is 0 Å². The smallest absolute Gasteiger partial charge is 0.338 e. The van der Waals surface area contributed by atoms with Crippen molar-refractivity contribution in [3.05, 3.63) is 35.9 Å². The van der Waals surface area contributed by atoms with E-state index in [0.717, 1.165) is 54.3 Å². The van der Waals surface area contributed by atoms with Gasteiger partial charge in [-0.2, -0.15) is 0 Å². The van der Waals surface area contributed by atoms with Gasteiger partial charge in [-0.05, 0) is 135 Å². The predicted octanol–water partition coefficient (Wildman–Crippen LogP) is 9.97. The Balaban J connectivity index is 1.22. The van der Waals surface area contributed by atoms with Crippen molar-refractivity contribution >= 4 is 5.97 Å². The molecule has 0 aromatic heterocycles. The highest BCUT2D eigenvalue weighted by molar-refractivity contribution is 5.89. The molecular weight excluding hydrogens is 464 g/mol. The Hall–Kier alpha value is -1.31. The first-order valence-corrected chi connectivity index (χ1v) is 16.4. The summed E-state index contributed by atoms with van der Waals surface area (Å²) in [6.07, 6.45) is 16.2. The summed E-state index contributed by atoms with van der Waals surface area (Å²) in [6.45, 7) is 15.2. The van der Waals surface area contributed by atoms with Crippen LogP contribution in [0.25, 0.3) is 0 Å². The van der Waals surface area contributed by atoms with E-state index in [0.29, 0.717) is 22.3 Å². The Kier molecular flexibility index (Phi) is 8.38. The van der Waals surface area contributed by atoms with Gasteiger partial charge in [0.2, 0.25) is 0 Å². The lowest BCUT2D eigenvalue weighted by Crippen LogP contribution is -2.54. The van der Waals surface area contributed by atoms with Gasteiger partial charge in [0.25, 0.3) is 0 Å². The minimum absolute atomic E-state index is 0.0979. The van der Waals surface area contributed by atoms with Crippen LogP contribution in [0.4, 0.5) is 0 Å². The molecular formula is C36H56O2. The molecule has 1 unspecified atom stereocenters. The van der Waals surface area contributed by atoms with Crippen molar-refractivity contribution < 1.29 is 9.53 Å². The SMILES string of the molecule is CC[C@H](CC[C@@H](C)[C@H]1CC[C@H]2[C@@H]3CCC4C[C@@H](OC(=O)c5ccccc5)CC[C@]4(C)[C@H]3CC[C@]12C)C(C)C. The second-order valence-corrected chi connectivity index (χ2v) is 15.0. The summed E-state index contributed by atoms with van der Waals surface area (Å²) in [7, 11) is 0. The number of rotatable bonds is 8. The van der Waals surface area contributed by atoms with Crippen LogP contribution in [-0.2, 0) is 4.74 Å². The number of carbonyl (C=O) groups excluding carboxylic acids is 1. The lowest BCUT2D eigenvalue weighted by molar-refractivity contribution is -0.130. The topological polar surface area (TPSA) is 26.3 Å². The Morgan fingerprint density at radius 2 is 1.61 bits per heavy atom. The van der Waals surface area contributed by atoms with Crippen LogP contribution in [0, 0.1) is 58.2 Å². The third-order valence-electron chi connectivity index (χ3n) is 13.1. The molecule has 0 saturated heterocycles. The van der Waals surface area contributed by atoms with Crippen LogP contribution < -0.4 is 0 Å². The first kappa shape index (κ1) is 28.2. The molecule has 5 rings (SSSR count). The maximum atomic E-state index is 12.7. The van der Waals surface area contributed by atoms with E-state index in [1.54, 1.807) is 0 Å². The zero-order chi connectivity index (χ0) is 27.1. The molecule has 4 aliphatic rings. The molecule has 0 amide bonds. The Morgan fingerprint density at radius 1 is 0.895 bits per heavy atom. The largest absolute Gasteiger partial charge is 0.459 e. The Morgan fingerprint density at radius 3 is 2.32 bits per heavy atom. The van der Waals surface area contributed by atoms with Crippen LogP contribution >= 0.6 is 0 Å². The fourth-order valence-electron chi connectivity index (χ4n) is 10.8. The molecule has 0 bridgehead atoms. The second kappa shape index (κ2) is 11.3. The fourth-order valence-corrected chi connectivity index (χ4v) is 10.8. The molecule has 2 heteroatoms. The number of fused-ring (bicyclic) bond motifs is 5. The average molecular weight is 521 g/mol. The van der Waals surface area contributed by atoms with E-state index in [2.05, 4.69) is 41.5 Å². The van der Waals surface area contributed by atoms with Crippen LogP contribution in [-0.4, -0.2) is 12.1 Å². The average Bonchev–Trinajstić information content (AvgIpc) is 3.26. The van der Waals surface area contributed by atoms with Gasteiger partial charge in [-0.25, -0.2) is 4.79 Å². The molecule has 0 spiro atoms. The molecule has 4 saturated carbocycles. The van der Waals surface area contributed by atoms with Gasteiger partial charge in [0.05, 0.1) is 5.56 Å². The molecule has 10 atom stereocenters. The van der Waals surface area contributed by atoms with Gasteiger partial charge in [0.1, 0.15) is 6.10 Å². The summed E-state index contributed by atoms with van der Waals surface area (Å²) in [6, 6.07) is 9.56. The summed E-state index contributed by atoms with van der Waals surface area (Å²) < 4.78 is 6.06. The van der Waals surface area contributed by atoms with E-state index in [-0.39, 0.29) is 12.1 Å². The van der Waals surface area contributed by atoms with Gasteiger partial charge in [-0.3, -0.25) is 0 Å². The van der Waals surface area contributed by atoms with Crippen LogP contribution in [0.3, 0.4) is 0 Å². The highest BCUT2D eigenvalue weighted by Crippen LogP contribution is 2.68. The zero-order valence-electron chi connectivity index (χ0n) is 25.4. The number of hydrogen-bond acceptors (Lipinski definition) is 2. The van der Waals surface area contributed by atoms with Gasteiger partial charge in [-0.15, -0.1) is 0 Å². The first-order chi connectivity index (χ1) is 18.2. The van der Waals surface area contributed by atoms with Gasteiger partial charge in [-0.1, -0.05) is 72.6 Å². The van der Waals surface area contributed by atoms with E-state index in [1.807, 2.05) is 30.3 Å². The maximum absolute atomic E-state index is 12.7. The summed E-state index contributed by atoms with van der Waals surface area (Å²) in [5.74, 6) is 6.84. The number of benzene rings is 1. The molecule has 0 heterocycles. The third-order valence-corrected chi connectivity index (χ3v) is 13.1. The molecule has 2 nitrogen and oxygen atoms in total. The van der Waals surface area contributed by atoms with Crippen LogP contribution in [0.1, 0.15) is 129 Å². The number of hydrogen-bond donors (Lipinski definition) is 0. The second-order valence-electron chi connectivity index (χ2n) is 15.0. The summed E-state index contributed by atoms with van der Waals surface area (Å²) in [4.78, 5) is 12.7. The zero-order valence-corrected chi connectivity index (χ0v) is 25.4. The molecule has 0 aliphatic heterocycles. The van der Waals surface area contributed by atoms with Gasteiger partial charge in [0.15, 0.2) is 0 Å². The Labute approximate surface area is 234 Å². The molecule has 4 aliphatic carbocycles. The molecule has 1 aromatic rings. The minimum atomic E-state index is -0.133. The third kappa shape index (κ3) is 5.12. The van der Waals surface area contributed by atoms with Crippen LogP contribution in [0.15, 0.2) is 30.3 Å². The van der Waals surface area contributed by atoms with E-state index in [1.165, 1.54) is 64.2 Å². The maximum Gasteiger partial charge on any atom is 0.338 e. The van der Waals surface area contributed by atoms with Crippen molar-refractivity contribution in [3.8, 4) is 0 Å². The molecule has 4 fully saturated rings. The monoisotopic (exact) mass is 520 g/mol. The molecule has 0 N–H and O–H groups in total. The molecule has 0 radical (unpaired) electrons. The summed E-state index contributed by atoms with van der Waals surface area (Å²) in [5, 5.41) is 0. The number of carbonyl (C=O) groups is 1. The normalized spacial score (nSPS) is 40.1. The van der Waals surface area contributed by atoms with Crippen molar-refractivity contribution in [1.29, 1.82) is 0 Å². The quantitative estimate of drug-likeness (QED) is 0.319. The lowest BCUT2D eigenvalue weighted by Gasteiger charge is -2.61. The van der Waals surface area contributed by atoms with Crippen LogP contribution in [0.5, 0.6) is 0 Å². The van der Waals surface area contributed by atoms with Crippen molar-refractivity contribution in [3.63, 3.8) is 0 Å². The van der Waals surface area contributed by atoms with Crippen molar-refractivity contribution in [1.82, 2.24) is 0 Å². The van der Waals surface area contributed by atoms with Gasteiger partial charge >= 0.3 is 5.97 Å². The van der Waals surface area contributed by atoms with E-state index in [4.69, 9.17) is 4.74 Å². The summed E-state index contributed by atoms with van der Waals surface area (Å²) in [5.41, 5.74) is 1.69. The molecule has 1 aromatic carbocycles. The Bertz CT molecular complexity index is 938. The van der Waals surface area contributed by atoms with Crippen molar-refractivity contribution in [2.75, 3.05) is 0 Å². The fraction of sp³-hybridized carbons (Fsp3) is 0.806. The number of esters is 1. The minimum Gasteiger partial charge on any atom is -0.459 e. The standard InChI is InChI=1S/C36H56O2/c1-7-26(24(2)3)14-13-25(4)31-17-18-32-30-16-15-28-23-29(38-34(37)27-11-9-8-10-12-27)19-21-35(28,5)33(30)20-22-36(31,32)6/h8-12,24-26,28-33H,7,13-23H2,1-6H3/t25-,26-,28?,29+,30+,31-,32+,33+,35+,36-/m1/s1. The van der Waals surface area contributed by atoms with E-state index < -0.39 is 0 Å². The summed E-state index contributed by atoms with van der Waals surface area (Å²) >= 11 is 0. The van der Waals surface area contributed by atoms with Crippen LogP contribution in [0.2, 0.25) is 0 Å². The van der Waals surface area contributed by atoms with E-state index in [9.17, 15) is 4.79 Å². The highest BCUT2D eigenvalue weighted by atomic mass is 16.5. The van der Waals surface area contributed by atoms with E-state index >= 15 is 0 Å². The lowest BCUT2D eigenvalue weighted by atomic mass is 9.44. The first-order valence-electron chi connectivity index (χ1n) is 16.4. The molecule has 212 valence electrons. The predicted molar refractivity (Wildman–Crippen MR) is 158 cm³/mol. The molecule has 38 heavy (non-hydrogen) atoms. The number of ether oxygens (including phenoxy) is 1. The van der Waals surface area contributed by atoms with Crippen molar-refractivity contribution in [2.45, 2.75) is 125 Å². The van der Waals surface area contributed by atoms with Crippen molar-refractivity contribution in [2.24, 2.45) is 58.2 Å².